The lowest BCUT2D eigenvalue weighted by Crippen LogP contribution is -2.08. The Bertz CT molecular complexity index is 390. The van der Waals surface area contributed by atoms with Crippen LogP contribution in [0.1, 0.15) is 0 Å². The molecule has 76 valence electrons. The molecule has 0 aliphatic carbocycles. The van der Waals surface area contributed by atoms with Crippen molar-refractivity contribution >= 4 is 17.7 Å². The summed E-state index contributed by atoms with van der Waals surface area (Å²) >= 11 is 0.980. The molecule has 1 aromatic rings. The topological polar surface area (TPSA) is 92.3 Å². The standard InChI is InChI=1S/C7H8N2O4S/c1-13-6(12)3-14-7-8-4(10)2-5(11)9-7/h2H,3H2,1H3,(H2,8,9,10,11). The number of nitrogens with one attached hydrogen (secondary N) is 1. The third-order valence-corrected chi connectivity index (χ3v) is 2.11. The number of nitrogens with zero attached hydrogens (tertiary/aromatic N) is 1. The van der Waals surface area contributed by atoms with Gasteiger partial charge < -0.3 is 14.8 Å². The molecule has 0 saturated carbocycles. The molecule has 0 unspecified atom stereocenters. The highest BCUT2D eigenvalue weighted by Crippen LogP contribution is 2.12. The maximum atomic E-state index is 10.8. The molecule has 0 aliphatic rings. The van der Waals surface area contributed by atoms with E-state index in [4.69, 9.17) is 5.11 Å². The number of aromatic amines is 1. The fraction of sp³-hybridized carbons (Fsp3) is 0.286. The van der Waals surface area contributed by atoms with Crippen LogP contribution in [0.2, 0.25) is 0 Å². The number of carbonyl (C=O) groups excluding carboxylic acids is 1. The van der Waals surface area contributed by atoms with Crippen LogP contribution in [0, 0.1) is 0 Å². The van der Waals surface area contributed by atoms with E-state index in [9.17, 15) is 9.59 Å². The first-order chi connectivity index (χ1) is 6.61. The van der Waals surface area contributed by atoms with Gasteiger partial charge >= 0.3 is 5.97 Å². The summed E-state index contributed by atoms with van der Waals surface area (Å²) in [5, 5.41) is 9.14. The van der Waals surface area contributed by atoms with Crippen LogP contribution in [0.25, 0.3) is 0 Å². The van der Waals surface area contributed by atoms with E-state index in [1.165, 1.54) is 7.11 Å². The molecule has 0 atom stereocenters. The molecule has 6 nitrogen and oxygen atoms in total. The Morgan fingerprint density at radius 1 is 1.79 bits per heavy atom. The molecular weight excluding hydrogens is 208 g/mol. The number of carbonyl (C=O) groups is 1. The number of methoxy groups -OCH3 is 1. The maximum Gasteiger partial charge on any atom is 0.316 e. The lowest BCUT2D eigenvalue weighted by atomic mass is 10.6. The molecule has 1 heterocycles. The molecular formula is C7H8N2O4S. The molecule has 0 radical (unpaired) electrons. The summed E-state index contributed by atoms with van der Waals surface area (Å²) in [5.41, 5.74) is -0.468. The van der Waals surface area contributed by atoms with Crippen molar-refractivity contribution in [3.8, 4) is 5.88 Å². The predicted molar refractivity (Wildman–Crippen MR) is 49.3 cm³/mol. The van der Waals surface area contributed by atoms with Gasteiger partial charge in [-0.05, 0) is 0 Å². The van der Waals surface area contributed by atoms with E-state index in [0.29, 0.717) is 0 Å². The minimum Gasteiger partial charge on any atom is -0.493 e. The number of rotatable bonds is 3. The highest BCUT2D eigenvalue weighted by Gasteiger charge is 2.05. The first-order valence-electron chi connectivity index (χ1n) is 3.62. The molecule has 0 amide bonds. The molecule has 0 fully saturated rings. The summed E-state index contributed by atoms with van der Waals surface area (Å²) < 4.78 is 4.39. The van der Waals surface area contributed by atoms with E-state index in [0.717, 1.165) is 17.8 Å². The first-order valence-corrected chi connectivity index (χ1v) is 4.60. The average molecular weight is 216 g/mol. The Kier molecular flexibility index (Phi) is 3.52. The number of aromatic hydroxyl groups is 1. The van der Waals surface area contributed by atoms with Gasteiger partial charge in [-0.3, -0.25) is 9.59 Å². The summed E-state index contributed by atoms with van der Waals surface area (Å²) in [7, 11) is 1.27. The van der Waals surface area contributed by atoms with E-state index in [1.54, 1.807) is 0 Å². The van der Waals surface area contributed by atoms with Crippen molar-refractivity contribution in [2.45, 2.75) is 5.16 Å². The molecule has 7 heteroatoms. The highest BCUT2D eigenvalue weighted by molar-refractivity contribution is 7.99. The lowest BCUT2D eigenvalue weighted by molar-refractivity contribution is -0.137. The molecule has 0 bridgehead atoms. The Morgan fingerprint density at radius 3 is 3.07 bits per heavy atom. The van der Waals surface area contributed by atoms with Crippen LogP contribution in [0.3, 0.4) is 0 Å². The molecule has 0 aliphatic heterocycles. The fourth-order valence-corrected chi connectivity index (χ4v) is 1.38. The van der Waals surface area contributed by atoms with Crippen molar-refractivity contribution in [1.29, 1.82) is 0 Å². The minimum absolute atomic E-state index is 0.0306. The Balaban J connectivity index is 2.68. The monoisotopic (exact) mass is 216 g/mol. The summed E-state index contributed by atoms with van der Waals surface area (Å²) in [6, 6.07) is 0.947. The third-order valence-electron chi connectivity index (χ3n) is 1.26. The quantitative estimate of drug-likeness (QED) is 0.411. The van der Waals surface area contributed by atoms with Crippen LogP contribution < -0.4 is 5.56 Å². The Labute approximate surface area is 83.3 Å². The Hall–Kier alpha value is -1.50. The van der Waals surface area contributed by atoms with Gasteiger partial charge in [0.15, 0.2) is 5.16 Å². The third kappa shape index (κ3) is 3.09. The van der Waals surface area contributed by atoms with Gasteiger partial charge in [0.1, 0.15) is 0 Å². The Morgan fingerprint density at radius 2 is 2.50 bits per heavy atom. The molecule has 0 saturated heterocycles. The van der Waals surface area contributed by atoms with Crippen molar-refractivity contribution in [3.63, 3.8) is 0 Å². The van der Waals surface area contributed by atoms with Crippen LogP contribution in [-0.2, 0) is 9.53 Å². The number of H-pyrrole nitrogens is 1. The van der Waals surface area contributed by atoms with Crippen LogP contribution in [0.4, 0.5) is 0 Å². The van der Waals surface area contributed by atoms with Crippen LogP contribution in [0.5, 0.6) is 5.88 Å². The van der Waals surface area contributed by atoms with Gasteiger partial charge in [-0.25, -0.2) is 0 Å². The van der Waals surface area contributed by atoms with Crippen LogP contribution >= 0.6 is 11.8 Å². The second kappa shape index (κ2) is 4.66. The zero-order valence-corrected chi connectivity index (χ0v) is 8.13. The lowest BCUT2D eigenvalue weighted by Gasteiger charge is -1.99. The number of ether oxygens (including phenoxy) is 1. The van der Waals surface area contributed by atoms with Gasteiger partial charge in [-0.2, -0.15) is 4.98 Å². The van der Waals surface area contributed by atoms with Crippen LogP contribution in [0.15, 0.2) is 16.0 Å². The van der Waals surface area contributed by atoms with E-state index >= 15 is 0 Å². The SMILES string of the molecule is COC(=O)CSc1nc(O)cc(=O)[nH]1. The van der Waals surface area contributed by atoms with Gasteiger partial charge in [-0.1, -0.05) is 11.8 Å². The number of esters is 1. The minimum atomic E-state index is -0.468. The van der Waals surface area contributed by atoms with Gasteiger partial charge in [0, 0.05) is 0 Å². The predicted octanol–water partition coefficient (Wildman–Crippen LogP) is -0.259. The van der Waals surface area contributed by atoms with E-state index in [2.05, 4.69) is 14.7 Å². The number of hydrogen-bond acceptors (Lipinski definition) is 6. The summed E-state index contributed by atoms with van der Waals surface area (Å²) in [6.07, 6.45) is 0. The van der Waals surface area contributed by atoms with Gasteiger partial charge in [0.25, 0.3) is 5.56 Å². The number of aromatic nitrogens is 2. The molecule has 1 aromatic heterocycles. The summed E-state index contributed by atoms with van der Waals surface area (Å²) in [5.74, 6) is -0.773. The summed E-state index contributed by atoms with van der Waals surface area (Å²) in [4.78, 5) is 27.5. The van der Waals surface area contributed by atoms with Crippen molar-refractivity contribution in [2.75, 3.05) is 12.9 Å². The van der Waals surface area contributed by atoms with Gasteiger partial charge in [-0.15, -0.1) is 0 Å². The molecule has 1 rings (SSSR count). The molecule has 0 spiro atoms. The second-order valence-corrected chi connectivity index (χ2v) is 3.24. The van der Waals surface area contributed by atoms with E-state index in [-0.39, 0.29) is 16.8 Å². The highest BCUT2D eigenvalue weighted by atomic mass is 32.2. The average Bonchev–Trinajstić information content (AvgIpc) is 2.12. The fourth-order valence-electron chi connectivity index (χ4n) is 0.678. The second-order valence-electron chi connectivity index (χ2n) is 2.27. The maximum absolute atomic E-state index is 10.8. The van der Waals surface area contributed by atoms with Crippen LogP contribution in [-0.4, -0.2) is 33.9 Å². The number of hydrogen-bond donors (Lipinski definition) is 2. The van der Waals surface area contributed by atoms with Crippen molar-refractivity contribution < 1.29 is 14.6 Å². The molecule has 2 N–H and O–H groups in total. The van der Waals surface area contributed by atoms with E-state index < -0.39 is 11.5 Å². The van der Waals surface area contributed by atoms with Gasteiger partial charge in [0.05, 0.1) is 18.9 Å². The van der Waals surface area contributed by atoms with Gasteiger partial charge in [0.2, 0.25) is 5.88 Å². The zero-order chi connectivity index (χ0) is 10.6. The zero-order valence-electron chi connectivity index (χ0n) is 7.31. The smallest absolute Gasteiger partial charge is 0.316 e. The normalized spacial score (nSPS) is 9.79. The van der Waals surface area contributed by atoms with E-state index in [1.807, 2.05) is 0 Å². The first kappa shape index (κ1) is 10.6. The largest absolute Gasteiger partial charge is 0.493 e. The van der Waals surface area contributed by atoms with Crippen molar-refractivity contribution in [1.82, 2.24) is 9.97 Å². The summed E-state index contributed by atoms with van der Waals surface area (Å²) in [6.45, 7) is 0. The molecule has 14 heavy (non-hydrogen) atoms. The number of thioether (sulfide) groups is 1. The molecule has 0 aromatic carbocycles. The van der Waals surface area contributed by atoms with Crippen molar-refractivity contribution in [2.24, 2.45) is 0 Å². The van der Waals surface area contributed by atoms with Crippen molar-refractivity contribution in [3.05, 3.63) is 16.4 Å².